The minimum Gasteiger partial charge on any atom is -0.352 e. The highest BCUT2D eigenvalue weighted by atomic mass is 79.9. The second-order valence-corrected chi connectivity index (χ2v) is 6.87. The predicted octanol–water partition coefficient (Wildman–Crippen LogP) is 4.55. The molecule has 3 nitrogen and oxygen atoms in total. The smallest absolute Gasteiger partial charge is 0.251 e. The van der Waals surface area contributed by atoms with Crippen molar-refractivity contribution in [3.8, 4) is 11.3 Å². The number of benzene rings is 2. The Morgan fingerprint density at radius 2 is 1.96 bits per heavy atom. The Morgan fingerprint density at radius 3 is 2.74 bits per heavy atom. The standard InChI is InChI=1S/C18H15BrN2OS/c19-15-8-4-7-14(11-15)16-12-23-17(21-16)9-10-20-18(22)13-5-2-1-3-6-13/h1-8,11-12H,9-10H2,(H,20,22). The van der Waals surface area contributed by atoms with Gasteiger partial charge in [-0.1, -0.05) is 46.3 Å². The summed E-state index contributed by atoms with van der Waals surface area (Å²) >= 11 is 5.09. The van der Waals surface area contributed by atoms with Crippen molar-refractivity contribution < 1.29 is 4.79 Å². The summed E-state index contributed by atoms with van der Waals surface area (Å²) in [4.78, 5) is 16.6. The topological polar surface area (TPSA) is 42.0 Å². The fraction of sp³-hybridized carbons (Fsp3) is 0.111. The van der Waals surface area contributed by atoms with Crippen molar-refractivity contribution in [2.24, 2.45) is 0 Å². The molecule has 1 aromatic heterocycles. The highest BCUT2D eigenvalue weighted by molar-refractivity contribution is 9.10. The fourth-order valence-corrected chi connectivity index (χ4v) is 3.39. The summed E-state index contributed by atoms with van der Waals surface area (Å²) in [5.74, 6) is -0.0469. The molecule has 0 saturated carbocycles. The molecule has 23 heavy (non-hydrogen) atoms. The number of carbonyl (C=O) groups is 1. The summed E-state index contributed by atoms with van der Waals surface area (Å²) in [6.45, 7) is 0.583. The Hall–Kier alpha value is -1.98. The first kappa shape index (κ1) is 15.9. The molecule has 5 heteroatoms. The van der Waals surface area contributed by atoms with Gasteiger partial charge in [0.15, 0.2) is 0 Å². The molecular formula is C18H15BrN2OS. The maximum Gasteiger partial charge on any atom is 0.251 e. The molecule has 116 valence electrons. The Morgan fingerprint density at radius 1 is 1.13 bits per heavy atom. The first-order valence-corrected chi connectivity index (χ1v) is 8.93. The van der Waals surface area contributed by atoms with Crippen LogP contribution in [0.4, 0.5) is 0 Å². The summed E-state index contributed by atoms with van der Waals surface area (Å²) in [5.41, 5.74) is 2.75. The van der Waals surface area contributed by atoms with Gasteiger partial charge >= 0.3 is 0 Å². The Balaban J connectivity index is 1.57. The van der Waals surface area contributed by atoms with E-state index < -0.39 is 0 Å². The van der Waals surface area contributed by atoms with E-state index in [4.69, 9.17) is 0 Å². The zero-order valence-corrected chi connectivity index (χ0v) is 14.7. The summed E-state index contributed by atoms with van der Waals surface area (Å²) in [6.07, 6.45) is 0.733. The molecule has 0 atom stereocenters. The lowest BCUT2D eigenvalue weighted by molar-refractivity contribution is 0.0954. The SMILES string of the molecule is O=C(NCCc1nc(-c2cccc(Br)c2)cs1)c1ccccc1. The summed E-state index contributed by atoms with van der Waals surface area (Å²) < 4.78 is 1.04. The molecule has 3 aromatic rings. The van der Waals surface area contributed by atoms with Crippen LogP contribution in [-0.4, -0.2) is 17.4 Å². The largest absolute Gasteiger partial charge is 0.352 e. The number of nitrogens with zero attached hydrogens (tertiary/aromatic N) is 1. The molecule has 0 bridgehead atoms. The first-order valence-electron chi connectivity index (χ1n) is 7.26. The van der Waals surface area contributed by atoms with E-state index in [1.54, 1.807) is 11.3 Å². The Labute approximate surface area is 147 Å². The number of hydrogen-bond donors (Lipinski definition) is 1. The monoisotopic (exact) mass is 386 g/mol. The van der Waals surface area contributed by atoms with Crippen molar-refractivity contribution in [1.29, 1.82) is 0 Å². The predicted molar refractivity (Wildman–Crippen MR) is 97.7 cm³/mol. The zero-order valence-electron chi connectivity index (χ0n) is 12.3. The van der Waals surface area contributed by atoms with Crippen LogP contribution in [0, 0.1) is 0 Å². The molecule has 3 rings (SSSR count). The van der Waals surface area contributed by atoms with Gasteiger partial charge in [0.05, 0.1) is 10.7 Å². The van der Waals surface area contributed by atoms with E-state index in [9.17, 15) is 4.79 Å². The first-order chi connectivity index (χ1) is 11.2. The van der Waals surface area contributed by atoms with Gasteiger partial charge in [0.1, 0.15) is 0 Å². The van der Waals surface area contributed by atoms with Crippen LogP contribution in [-0.2, 0) is 6.42 Å². The molecule has 1 heterocycles. The second-order valence-electron chi connectivity index (χ2n) is 5.01. The van der Waals surface area contributed by atoms with E-state index in [0.29, 0.717) is 12.1 Å². The number of thiazole rings is 1. The number of nitrogens with one attached hydrogen (secondary N) is 1. The number of carbonyl (C=O) groups excluding carboxylic acids is 1. The summed E-state index contributed by atoms with van der Waals surface area (Å²) in [7, 11) is 0. The van der Waals surface area contributed by atoms with Gasteiger partial charge in [-0.3, -0.25) is 4.79 Å². The number of hydrogen-bond acceptors (Lipinski definition) is 3. The molecule has 0 aliphatic carbocycles. The normalized spacial score (nSPS) is 10.5. The lowest BCUT2D eigenvalue weighted by Crippen LogP contribution is -2.25. The molecule has 0 radical (unpaired) electrons. The maximum absolute atomic E-state index is 12.0. The van der Waals surface area contributed by atoms with Crippen LogP contribution in [0.3, 0.4) is 0 Å². The van der Waals surface area contributed by atoms with E-state index >= 15 is 0 Å². The maximum atomic E-state index is 12.0. The second kappa shape index (κ2) is 7.53. The highest BCUT2D eigenvalue weighted by Gasteiger charge is 2.07. The molecule has 0 aliphatic rings. The van der Waals surface area contributed by atoms with Crippen LogP contribution in [0.1, 0.15) is 15.4 Å². The fourth-order valence-electron chi connectivity index (χ4n) is 2.18. The summed E-state index contributed by atoms with van der Waals surface area (Å²) in [6, 6.07) is 17.3. The number of amides is 1. The van der Waals surface area contributed by atoms with Crippen molar-refractivity contribution in [3.05, 3.63) is 75.0 Å². The van der Waals surface area contributed by atoms with E-state index in [0.717, 1.165) is 27.2 Å². The van der Waals surface area contributed by atoms with Gasteiger partial charge in [-0.05, 0) is 24.3 Å². The van der Waals surface area contributed by atoms with Gasteiger partial charge in [-0.15, -0.1) is 11.3 Å². The molecule has 1 amide bonds. The highest BCUT2D eigenvalue weighted by Crippen LogP contribution is 2.24. The molecule has 0 fully saturated rings. The Bertz CT molecular complexity index is 802. The van der Waals surface area contributed by atoms with E-state index in [1.807, 2.05) is 48.5 Å². The number of aromatic nitrogens is 1. The quantitative estimate of drug-likeness (QED) is 0.698. The van der Waals surface area contributed by atoms with Gasteiger partial charge in [-0.25, -0.2) is 4.98 Å². The average molecular weight is 387 g/mol. The van der Waals surface area contributed by atoms with Gasteiger partial charge in [0, 0.05) is 33.9 Å². The lowest BCUT2D eigenvalue weighted by atomic mass is 10.2. The lowest BCUT2D eigenvalue weighted by Gasteiger charge is -2.03. The van der Waals surface area contributed by atoms with Crippen molar-refractivity contribution in [1.82, 2.24) is 10.3 Å². The number of rotatable bonds is 5. The average Bonchev–Trinajstić information content (AvgIpc) is 3.04. The van der Waals surface area contributed by atoms with Gasteiger partial charge in [0.2, 0.25) is 0 Å². The summed E-state index contributed by atoms with van der Waals surface area (Å²) in [5, 5.41) is 6.00. The van der Waals surface area contributed by atoms with Crippen LogP contribution in [0.2, 0.25) is 0 Å². The third kappa shape index (κ3) is 4.27. The molecule has 0 unspecified atom stereocenters. The van der Waals surface area contributed by atoms with Crippen molar-refractivity contribution >= 4 is 33.2 Å². The van der Waals surface area contributed by atoms with Gasteiger partial charge in [0.25, 0.3) is 5.91 Å². The Kier molecular flexibility index (Phi) is 5.20. The van der Waals surface area contributed by atoms with E-state index in [-0.39, 0.29) is 5.91 Å². The van der Waals surface area contributed by atoms with Crippen LogP contribution < -0.4 is 5.32 Å². The molecule has 0 saturated heterocycles. The third-order valence-electron chi connectivity index (χ3n) is 3.33. The van der Waals surface area contributed by atoms with Crippen molar-refractivity contribution in [2.75, 3.05) is 6.54 Å². The van der Waals surface area contributed by atoms with Crippen LogP contribution in [0.5, 0.6) is 0 Å². The van der Waals surface area contributed by atoms with Crippen LogP contribution in [0.15, 0.2) is 64.5 Å². The van der Waals surface area contributed by atoms with E-state index in [1.165, 1.54) is 0 Å². The molecule has 1 N–H and O–H groups in total. The zero-order chi connectivity index (χ0) is 16.1. The molecule has 0 aliphatic heterocycles. The van der Waals surface area contributed by atoms with E-state index in [2.05, 4.69) is 37.7 Å². The van der Waals surface area contributed by atoms with Crippen molar-refractivity contribution in [3.63, 3.8) is 0 Å². The molecular weight excluding hydrogens is 372 g/mol. The molecule has 2 aromatic carbocycles. The van der Waals surface area contributed by atoms with Crippen LogP contribution >= 0.6 is 27.3 Å². The van der Waals surface area contributed by atoms with Gasteiger partial charge in [-0.2, -0.15) is 0 Å². The third-order valence-corrected chi connectivity index (χ3v) is 4.73. The van der Waals surface area contributed by atoms with Crippen LogP contribution in [0.25, 0.3) is 11.3 Å². The number of halogens is 1. The van der Waals surface area contributed by atoms with Gasteiger partial charge < -0.3 is 5.32 Å². The minimum atomic E-state index is -0.0469. The molecule has 0 spiro atoms. The van der Waals surface area contributed by atoms with Crippen molar-refractivity contribution in [2.45, 2.75) is 6.42 Å². The minimum absolute atomic E-state index is 0.0469.